The van der Waals surface area contributed by atoms with Crippen LogP contribution in [0.2, 0.25) is 5.02 Å². The van der Waals surface area contributed by atoms with Crippen LogP contribution in [0, 0.1) is 0 Å². The molecule has 0 atom stereocenters. The zero-order valence-corrected chi connectivity index (χ0v) is 16.5. The van der Waals surface area contributed by atoms with Crippen LogP contribution >= 0.6 is 11.6 Å². The fraction of sp³-hybridized carbons (Fsp3) is 0.500. The summed E-state index contributed by atoms with van der Waals surface area (Å²) < 4.78 is 0. The Morgan fingerprint density at radius 2 is 1.78 bits per heavy atom. The van der Waals surface area contributed by atoms with Crippen molar-refractivity contribution in [2.75, 3.05) is 19.6 Å². The number of piperidine rings is 1. The highest BCUT2D eigenvalue weighted by molar-refractivity contribution is 6.31. The highest BCUT2D eigenvalue weighted by atomic mass is 35.5. The predicted molar refractivity (Wildman–Crippen MR) is 107 cm³/mol. The summed E-state index contributed by atoms with van der Waals surface area (Å²) in [6.45, 7) is 6.73. The lowest BCUT2D eigenvalue weighted by Gasteiger charge is -2.35. The summed E-state index contributed by atoms with van der Waals surface area (Å²) in [5.74, 6) is -2.51. The summed E-state index contributed by atoms with van der Waals surface area (Å²) in [7, 11) is 0. The lowest BCUT2D eigenvalue weighted by atomic mass is 10.0. The Morgan fingerprint density at radius 1 is 1.19 bits per heavy atom. The monoisotopic (exact) mass is 396 g/mol. The Balaban J connectivity index is 0.000000387. The maximum atomic E-state index is 9.55. The van der Waals surface area contributed by atoms with Crippen molar-refractivity contribution in [2.24, 2.45) is 0 Å². The number of halogens is 1. The highest BCUT2D eigenvalue weighted by Gasteiger charge is 2.21. The van der Waals surface area contributed by atoms with E-state index < -0.39 is 11.9 Å². The van der Waals surface area contributed by atoms with E-state index in [4.69, 9.17) is 21.8 Å². The molecule has 1 aromatic rings. The van der Waals surface area contributed by atoms with E-state index in [0.717, 1.165) is 24.7 Å². The first-order valence-corrected chi connectivity index (χ1v) is 9.64. The van der Waals surface area contributed by atoms with Crippen LogP contribution < -0.4 is 5.32 Å². The Morgan fingerprint density at radius 3 is 2.30 bits per heavy atom. The number of benzene rings is 1. The number of aliphatic carboxylic acids is 2. The Labute approximate surface area is 165 Å². The van der Waals surface area contributed by atoms with Crippen molar-refractivity contribution >= 4 is 23.5 Å². The first-order chi connectivity index (χ1) is 12.9. The van der Waals surface area contributed by atoms with Crippen LogP contribution in [0.1, 0.15) is 38.2 Å². The maximum Gasteiger partial charge on any atom is 0.328 e. The van der Waals surface area contributed by atoms with Crippen molar-refractivity contribution in [3.63, 3.8) is 0 Å². The van der Waals surface area contributed by atoms with Gasteiger partial charge in [0.2, 0.25) is 0 Å². The number of rotatable bonds is 8. The van der Waals surface area contributed by atoms with Gasteiger partial charge in [-0.1, -0.05) is 43.1 Å². The summed E-state index contributed by atoms with van der Waals surface area (Å²) in [4.78, 5) is 21.7. The van der Waals surface area contributed by atoms with Crippen LogP contribution in [0.5, 0.6) is 0 Å². The molecule has 0 aromatic heterocycles. The van der Waals surface area contributed by atoms with Gasteiger partial charge in [-0.05, 0) is 50.5 Å². The number of hydrogen-bond donors (Lipinski definition) is 3. The molecule has 3 N–H and O–H groups in total. The average Bonchev–Trinajstić information content (AvgIpc) is 2.66. The predicted octanol–water partition coefficient (Wildman–Crippen LogP) is 3.41. The molecule has 2 rings (SSSR count). The van der Waals surface area contributed by atoms with Crippen LogP contribution in [-0.4, -0.2) is 52.7 Å². The normalized spacial score (nSPS) is 14.8. The number of unbranched alkanes of at least 4 members (excludes halogenated alkanes) is 1. The quantitative estimate of drug-likeness (QED) is 0.583. The van der Waals surface area contributed by atoms with Crippen molar-refractivity contribution in [3.05, 3.63) is 47.0 Å². The molecule has 1 fully saturated rings. The van der Waals surface area contributed by atoms with Gasteiger partial charge >= 0.3 is 11.9 Å². The van der Waals surface area contributed by atoms with Gasteiger partial charge in [0.25, 0.3) is 0 Å². The molecule has 0 bridgehead atoms. The topological polar surface area (TPSA) is 89.9 Å². The Bertz CT molecular complexity index is 600. The second-order valence-electron chi connectivity index (χ2n) is 6.41. The van der Waals surface area contributed by atoms with Crippen LogP contribution in [0.4, 0.5) is 0 Å². The van der Waals surface area contributed by atoms with E-state index in [1.807, 2.05) is 12.1 Å². The van der Waals surface area contributed by atoms with E-state index in [9.17, 15) is 9.59 Å². The SMILES string of the molecule is CCCCN(Cc1ccccc1Cl)C1CCNCC1.O=C(O)/C=C/C(=O)O. The standard InChI is InChI=1S/C16H25ClN2.C4H4O4/c1-2-3-12-19(15-8-10-18-11-9-15)13-14-6-4-5-7-16(14)17;5-3(6)1-2-4(7)8/h4-7,15,18H,2-3,8-13H2,1H3;1-2H,(H,5,6)(H,7,8)/b;2-1+. The van der Waals surface area contributed by atoms with Crippen LogP contribution in [0.3, 0.4) is 0 Å². The summed E-state index contributed by atoms with van der Waals surface area (Å²) in [5.41, 5.74) is 1.26. The van der Waals surface area contributed by atoms with Crippen molar-refractivity contribution in [2.45, 2.75) is 45.2 Å². The molecule has 1 aliphatic rings. The highest BCUT2D eigenvalue weighted by Crippen LogP contribution is 2.21. The Hall–Kier alpha value is -1.89. The molecule has 1 heterocycles. The van der Waals surface area contributed by atoms with Gasteiger partial charge in [-0.3, -0.25) is 4.90 Å². The van der Waals surface area contributed by atoms with Crippen molar-refractivity contribution < 1.29 is 19.8 Å². The molecule has 0 aliphatic carbocycles. The molecule has 0 spiro atoms. The summed E-state index contributed by atoms with van der Waals surface area (Å²) in [6.07, 6.45) is 6.16. The van der Waals surface area contributed by atoms with E-state index in [-0.39, 0.29) is 0 Å². The third kappa shape index (κ3) is 10.1. The van der Waals surface area contributed by atoms with Gasteiger partial charge in [-0.15, -0.1) is 0 Å². The van der Waals surface area contributed by atoms with Crippen molar-refractivity contribution in [1.29, 1.82) is 0 Å². The second kappa shape index (κ2) is 13.3. The number of nitrogens with one attached hydrogen (secondary N) is 1. The largest absolute Gasteiger partial charge is 0.478 e. The molecule has 0 unspecified atom stereocenters. The number of carbonyl (C=O) groups is 2. The molecular weight excluding hydrogens is 368 g/mol. The van der Waals surface area contributed by atoms with Crippen molar-refractivity contribution in [3.8, 4) is 0 Å². The third-order valence-corrected chi connectivity index (χ3v) is 4.69. The Kier molecular flexibility index (Phi) is 11.4. The van der Waals surface area contributed by atoms with E-state index in [0.29, 0.717) is 18.2 Å². The third-order valence-electron chi connectivity index (χ3n) is 4.32. The molecule has 1 aliphatic heterocycles. The number of nitrogens with zero attached hydrogens (tertiary/aromatic N) is 1. The van der Waals surface area contributed by atoms with Crippen LogP contribution in [0.25, 0.3) is 0 Å². The molecule has 27 heavy (non-hydrogen) atoms. The van der Waals surface area contributed by atoms with Crippen LogP contribution in [-0.2, 0) is 16.1 Å². The smallest absolute Gasteiger partial charge is 0.328 e. The van der Waals surface area contributed by atoms with Gasteiger partial charge < -0.3 is 15.5 Å². The van der Waals surface area contributed by atoms with E-state index in [1.54, 1.807) is 0 Å². The minimum atomic E-state index is -1.26. The first-order valence-electron chi connectivity index (χ1n) is 9.26. The fourth-order valence-corrected chi connectivity index (χ4v) is 3.11. The summed E-state index contributed by atoms with van der Waals surface area (Å²) in [6, 6.07) is 8.96. The molecule has 1 aromatic carbocycles. The average molecular weight is 397 g/mol. The molecule has 6 nitrogen and oxygen atoms in total. The summed E-state index contributed by atoms with van der Waals surface area (Å²) in [5, 5.41) is 20.0. The van der Waals surface area contributed by atoms with E-state index in [2.05, 4.69) is 29.3 Å². The number of carboxylic acid groups (broad SMARTS) is 2. The second-order valence-corrected chi connectivity index (χ2v) is 6.81. The van der Waals surface area contributed by atoms with E-state index in [1.165, 1.54) is 37.8 Å². The zero-order chi connectivity index (χ0) is 20.1. The number of carboxylic acids is 2. The van der Waals surface area contributed by atoms with Gasteiger partial charge in [0.15, 0.2) is 0 Å². The lowest BCUT2D eigenvalue weighted by Crippen LogP contribution is -2.43. The molecule has 150 valence electrons. The molecule has 1 saturated heterocycles. The summed E-state index contributed by atoms with van der Waals surface area (Å²) >= 11 is 6.30. The van der Waals surface area contributed by atoms with Crippen molar-refractivity contribution in [1.82, 2.24) is 10.2 Å². The van der Waals surface area contributed by atoms with Gasteiger partial charge in [-0.2, -0.15) is 0 Å². The molecule has 7 heteroatoms. The molecule has 0 saturated carbocycles. The van der Waals surface area contributed by atoms with Gasteiger partial charge in [0.1, 0.15) is 0 Å². The number of hydrogen-bond acceptors (Lipinski definition) is 4. The van der Waals surface area contributed by atoms with Gasteiger partial charge in [0.05, 0.1) is 0 Å². The molecule has 0 amide bonds. The minimum absolute atomic E-state index is 0.558. The fourth-order valence-electron chi connectivity index (χ4n) is 2.91. The molecular formula is C20H29ClN2O4. The van der Waals surface area contributed by atoms with Crippen LogP contribution in [0.15, 0.2) is 36.4 Å². The van der Waals surface area contributed by atoms with E-state index >= 15 is 0 Å². The maximum absolute atomic E-state index is 9.55. The van der Waals surface area contributed by atoms with Gasteiger partial charge in [0, 0.05) is 29.8 Å². The van der Waals surface area contributed by atoms with Gasteiger partial charge in [-0.25, -0.2) is 9.59 Å². The zero-order valence-electron chi connectivity index (χ0n) is 15.7. The first kappa shape index (κ1) is 23.1. The molecule has 0 radical (unpaired) electrons. The lowest BCUT2D eigenvalue weighted by molar-refractivity contribution is -0.134. The minimum Gasteiger partial charge on any atom is -0.478 e.